The summed E-state index contributed by atoms with van der Waals surface area (Å²) in [7, 11) is 0. The van der Waals surface area contributed by atoms with E-state index in [2.05, 4.69) is 10.3 Å². The van der Waals surface area contributed by atoms with E-state index in [-0.39, 0.29) is 6.04 Å². The Kier molecular flexibility index (Phi) is 4.32. The lowest BCUT2D eigenvalue weighted by Crippen LogP contribution is -2.30. The van der Waals surface area contributed by atoms with Crippen LogP contribution in [-0.4, -0.2) is 24.1 Å². The van der Waals surface area contributed by atoms with Crippen molar-refractivity contribution in [1.82, 2.24) is 10.3 Å². The maximum absolute atomic E-state index is 5.79. The van der Waals surface area contributed by atoms with Gasteiger partial charge in [0.1, 0.15) is 0 Å². The molecule has 1 saturated heterocycles. The monoisotopic (exact) mass is 239 g/mol. The van der Waals surface area contributed by atoms with Crippen LogP contribution in [0.5, 0.6) is 0 Å². The molecule has 2 rings (SSSR count). The first kappa shape index (κ1) is 12.0. The van der Waals surface area contributed by atoms with Crippen LogP contribution in [0, 0.1) is 5.92 Å². The highest BCUT2D eigenvalue weighted by Crippen LogP contribution is 2.21. The first-order valence-corrected chi connectivity index (χ1v) is 6.95. The third kappa shape index (κ3) is 3.54. The molecule has 0 radical (unpaired) electrons. The molecule has 16 heavy (non-hydrogen) atoms. The molecule has 0 spiro atoms. The molecule has 0 bridgehead atoms. The van der Waals surface area contributed by atoms with Gasteiger partial charge >= 0.3 is 0 Å². The third-order valence-corrected chi connectivity index (χ3v) is 4.03. The van der Waals surface area contributed by atoms with Crippen LogP contribution in [0.15, 0.2) is 6.20 Å². The smallest absolute Gasteiger partial charge is 0.0930 e. The van der Waals surface area contributed by atoms with Crippen LogP contribution in [0.1, 0.15) is 29.7 Å². The summed E-state index contributed by atoms with van der Waals surface area (Å²) in [6.07, 6.45) is 6.74. The Morgan fingerprint density at radius 2 is 2.56 bits per heavy atom. The number of hydrogen-bond acceptors (Lipinski definition) is 4. The lowest BCUT2D eigenvalue weighted by atomic mass is 9.97. The number of nitrogens with two attached hydrogens (primary N) is 1. The van der Waals surface area contributed by atoms with Crippen LogP contribution in [-0.2, 0) is 12.8 Å². The van der Waals surface area contributed by atoms with Gasteiger partial charge in [0, 0.05) is 23.5 Å². The first-order chi connectivity index (χ1) is 7.74. The Balaban J connectivity index is 1.86. The Bertz CT molecular complexity index is 316. The van der Waals surface area contributed by atoms with Gasteiger partial charge in [-0.05, 0) is 45.2 Å². The van der Waals surface area contributed by atoms with Crippen molar-refractivity contribution in [2.45, 2.75) is 38.6 Å². The highest BCUT2D eigenvalue weighted by molar-refractivity contribution is 7.11. The molecule has 1 fully saturated rings. The highest BCUT2D eigenvalue weighted by Gasteiger charge is 2.15. The quantitative estimate of drug-likeness (QED) is 0.838. The van der Waals surface area contributed by atoms with Gasteiger partial charge in [0.25, 0.3) is 0 Å². The second-order valence-corrected chi connectivity index (χ2v) is 6.02. The van der Waals surface area contributed by atoms with Gasteiger partial charge in [-0.1, -0.05) is 0 Å². The van der Waals surface area contributed by atoms with E-state index < -0.39 is 0 Å². The van der Waals surface area contributed by atoms with E-state index >= 15 is 0 Å². The van der Waals surface area contributed by atoms with Gasteiger partial charge in [0.15, 0.2) is 0 Å². The maximum Gasteiger partial charge on any atom is 0.0930 e. The summed E-state index contributed by atoms with van der Waals surface area (Å²) in [5.41, 5.74) is 5.79. The van der Waals surface area contributed by atoms with Gasteiger partial charge in [-0.2, -0.15) is 0 Å². The Hall–Kier alpha value is -0.450. The van der Waals surface area contributed by atoms with Crippen molar-refractivity contribution in [3.05, 3.63) is 16.1 Å². The molecule has 3 N–H and O–H groups in total. The van der Waals surface area contributed by atoms with Crippen LogP contribution in [0.3, 0.4) is 0 Å². The Morgan fingerprint density at radius 3 is 3.25 bits per heavy atom. The van der Waals surface area contributed by atoms with Crippen LogP contribution in [0.4, 0.5) is 0 Å². The second kappa shape index (κ2) is 5.75. The number of piperidine rings is 1. The predicted molar refractivity (Wildman–Crippen MR) is 68.8 cm³/mol. The predicted octanol–water partition coefficient (Wildman–Crippen LogP) is 1.57. The van der Waals surface area contributed by atoms with E-state index in [1.807, 2.05) is 24.5 Å². The van der Waals surface area contributed by atoms with Crippen molar-refractivity contribution >= 4 is 11.3 Å². The molecule has 2 unspecified atom stereocenters. The average Bonchev–Trinajstić information content (AvgIpc) is 2.66. The molecule has 1 aliphatic heterocycles. The highest BCUT2D eigenvalue weighted by atomic mass is 32.1. The topological polar surface area (TPSA) is 50.9 Å². The van der Waals surface area contributed by atoms with Crippen LogP contribution < -0.4 is 11.1 Å². The summed E-state index contributed by atoms with van der Waals surface area (Å²) in [5, 5.41) is 4.73. The van der Waals surface area contributed by atoms with Gasteiger partial charge in [-0.15, -0.1) is 11.3 Å². The largest absolute Gasteiger partial charge is 0.328 e. The summed E-state index contributed by atoms with van der Waals surface area (Å²) in [6, 6.07) is 0.240. The van der Waals surface area contributed by atoms with E-state index in [1.54, 1.807) is 0 Å². The molecule has 2 heterocycles. The van der Waals surface area contributed by atoms with Crippen molar-refractivity contribution in [3.63, 3.8) is 0 Å². The molecule has 1 aromatic rings. The van der Waals surface area contributed by atoms with Crippen molar-refractivity contribution in [2.24, 2.45) is 11.7 Å². The van der Waals surface area contributed by atoms with Crippen LogP contribution >= 0.6 is 11.3 Å². The lowest BCUT2D eigenvalue weighted by molar-refractivity contribution is 0.376. The van der Waals surface area contributed by atoms with E-state index in [0.29, 0.717) is 0 Å². The van der Waals surface area contributed by atoms with Gasteiger partial charge in [0.2, 0.25) is 0 Å². The van der Waals surface area contributed by atoms with E-state index in [4.69, 9.17) is 5.73 Å². The molecule has 1 aromatic heterocycles. The van der Waals surface area contributed by atoms with Gasteiger partial charge in [-0.3, -0.25) is 0 Å². The van der Waals surface area contributed by atoms with Gasteiger partial charge < -0.3 is 11.1 Å². The number of nitrogens with one attached hydrogen (secondary N) is 1. The van der Waals surface area contributed by atoms with Crippen molar-refractivity contribution in [3.8, 4) is 0 Å². The number of nitrogens with zero attached hydrogens (tertiary/aromatic N) is 1. The average molecular weight is 239 g/mol. The molecular formula is C12H21N3S. The summed E-state index contributed by atoms with van der Waals surface area (Å²) in [4.78, 5) is 5.83. The van der Waals surface area contributed by atoms with E-state index in [1.165, 1.54) is 29.3 Å². The molecular weight excluding hydrogens is 218 g/mol. The zero-order valence-corrected chi connectivity index (χ0v) is 10.7. The molecule has 3 nitrogen and oxygen atoms in total. The molecule has 0 saturated carbocycles. The van der Waals surface area contributed by atoms with Crippen molar-refractivity contribution in [1.29, 1.82) is 0 Å². The minimum Gasteiger partial charge on any atom is -0.328 e. The fourth-order valence-electron chi connectivity index (χ4n) is 2.20. The molecule has 90 valence electrons. The third-order valence-electron chi connectivity index (χ3n) is 2.99. The molecule has 0 aromatic carbocycles. The zero-order chi connectivity index (χ0) is 11.4. The summed E-state index contributed by atoms with van der Waals surface area (Å²) in [5.74, 6) is 0.781. The lowest BCUT2D eigenvalue weighted by Gasteiger charge is -2.21. The standard InChI is InChI=1S/C12H21N3S/c1-9(13)5-11-8-15-12(16-11)6-10-3-2-4-14-7-10/h8-10,14H,2-7,13H2,1H3. The Morgan fingerprint density at radius 1 is 1.69 bits per heavy atom. The van der Waals surface area contributed by atoms with Gasteiger partial charge in [-0.25, -0.2) is 4.98 Å². The molecule has 2 atom stereocenters. The van der Waals surface area contributed by atoms with E-state index in [9.17, 15) is 0 Å². The van der Waals surface area contributed by atoms with Gasteiger partial charge in [0.05, 0.1) is 5.01 Å². The van der Waals surface area contributed by atoms with Crippen LogP contribution in [0.25, 0.3) is 0 Å². The normalized spacial score (nSPS) is 23.2. The van der Waals surface area contributed by atoms with Crippen molar-refractivity contribution in [2.75, 3.05) is 13.1 Å². The number of hydrogen-bond donors (Lipinski definition) is 2. The zero-order valence-electron chi connectivity index (χ0n) is 9.91. The first-order valence-electron chi connectivity index (χ1n) is 6.14. The summed E-state index contributed by atoms with van der Waals surface area (Å²) >= 11 is 1.84. The fourth-order valence-corrected chi connectivity index (χ4v) is 3.38. The SMILES string of the molecule is CC(N)Cc1cnc(CC2CCCNC2)s1. The molecule has 1 aliphatic rings. The minimum atomic E-state index is 0.240. The van der Waals surface area contributed by atoms with E-state index in [0.717, 1.165) is 25.3 Å². The fraction of sp³-hybridized carbons (Fsp3) is 0.750. The number of thiazole rings is 1. The Labute approximate surface area is 101 Å². The van der Waals surface area contributed by atoms with Crippen molar-refractivity contribution < 1.29 is 0 Å². The van der Waals surface area contributed by atoms with Crippen LogP contribution in [0.2, 0.25) is 0 Å². The summed E-state index contributed by atoms with van der Waals surface area (Å²) in [6.45, 7) is 4.39. The number of rotatable bonds is 4. The maximum atomic E-state index is 5.79. The minimum absolute atomic E-state index is 0.240. The summed E-state index contributed by atoms with van der Waals surface area (Å²) < 4.78 is 0. The second-order valence-electron chi connectivity index (χ2n) is 4.82. The number of aromatic nitrogens is 1. The molecule has 4 heteroatoms. The molecule has 0 amide bonds. The molecule has 0 aliphatic carbocycles.